The summed E-state index contributed by atoms with van der Waals surface area (Å²) < 4.78 is 7.29. The van der Waals surface area contributed by atoms with Crippen molar-refractivity contribution in [2.75, 3.05) is 32.8 Å². The lowest BCUT2D eigenvalue weighted by atomic mass is 10.4. The monoisotopic (exact) mass is 286 g/mol. The summed E-state index contributed by atoms with van der Waals surface area (Å²) >= 11 is 2.30. The van der Waals surface area contributed by atoms with E-state index in [9.17, 15) is 5.11 Å². The molecule has 0 amide bonds. The average Bonchev–Trinajstić information content (AvgIpc) is 2.06. The van der Waals surface area contributed by atoms with Crippen molar-refractivity contribution in [3.8, 4) is 0 Å². The van der Waals surface area contributed by atoms with E-state index in [-0.39, 0.29) is 0 Å². The molecule has 0 radical (unpaired) electrons. The van der Waals surface area contributed by atoms with Gasteiger partial charge in [-0.1, -0.05) is 0 Å². The zero-order valence-electron chi connectivity index (χ0n) is 7.24. The summed E-state index contributed by atoms with van der Waals surface area (Å²) in [7, 11) is 0. The first-order valence-electron chi connectivity index (χ1n) is 4.18. The molecule has 12 heavy (non-hydrogen) atoms. The van der Waals surface area contributed by atoms with Gasteiger partial charge in [0, 0.05) is 55.7 Å². The Kier molecular flexibility index (Phi) is 4.73. The van der Waals surface area contributed by atoms with Gasteiger partial charge in [-0.2, -0.15) is 0 Å². The smallest absolute Gasteiger partial charge is 0.216 e. The maximum absolute atomic E-state index is 9.44. The molecule has 0 aliphatic carbocycles. The predicted octanol–water partition coefficient (Wildman–Crippen LogP) is 0.266. The Balaban J connectivity index is 2.24. The second-order valence-electron chi connectivity index (χ2n) is 2.73. The lowest BCUT2D eigenvalue weighted by Crippen LogP contribution is -2.48. The standard InChI is InChI=1S/C7H15IN2O2/c1-2-12-7(11)9-3-5-10(8)6-4-9/h7,11H,2-6H2,1H3. The van der Waals surface area contributed by atoms with Crippen LogP contribution in [0.1, 0.15) is 6.92 Å². The molecule has 0 spiro atoms. The molecule has 1 heterocycles. The number of aliphatic hydroxyl groups is 1. The van der Waals surface area contributed by atoms with Gasteiger partial charge in [-0.15, -0.1) is 0 Å². The number of hydrogen-bond donors (Lipinski definition) is 1. The number of aliphatic hydroxyl groups excluding tert-OH is 1. The van der Waals surface area contributed by atoms with Crippen molar-refractivity contribution < 1.29 is 9.84 Å². The van der Waals surface area contributed by atoms with E-state index in [0.717, 1.165) is 26.2 Å². The van der Waals surface area contributed by atoms with Crippen LogP contribution >= 0.6 is 22.9 Å². The van der Waals surface area contributed by atoms with Crippen molar-refractivity contribution in [3.05, 3.63) is 0 Å². The van der Waals surface area contributed by atoms with Crippen LogP contribution in [0.5, 0.6) is 0 Å². The molecule has 0 aromatic heterocycles. The van der Waals surface area contributed by atoms with E-state index in [1.54, 1.807) is 0 Å². The fourth-order valence-corrected chi connectivity index (χ4v) is 1.60. The highest BCUT2D eigenvalue weighted by atomic mass is 127. The molecule has 0 bridgehead atoms. The van der Waals surface area contributed by atoms with Crippen molar-refractivity contribution in [1.29, 1.82) is 0 Å². The zero-order valence-corrected chi connectivity index (χ0v) is 9.40. The maximum Gasteiger partial charge on any atom is 0.216 e. The van der Waals surface area contributed by atoms with Crippen LogP contribution in [0.3, 0.4) is 0 Å². The van der Waals surface area contributed by atoms with Crippen LogP contribution in [0.4, 0.5) is 0 Å². The molecule has 1 rings (SSSR count). The second kappa shape index (κ2) is 5.33. The van der Waals surface area contributed by atoms with E-state index < -0.39 is 6.41 Å². The zero-order chi connectivity index (χ0) is 8.97. The first-order valence-corrected chi connectivity index (χ1v) is 5.15. The largest absolute Gasteiger partial charge is 0.356 e. The Labute approximate surface area is 87.0 Å². The third-order valence-electron chi connectivity index (χ3n) is 1.89. The van der Waals surface area contributed by atoms with Gasteiger partial charge in [0.1, 0.15) is 0 Å². The van der Waals surface area contributed by atoms with Crippen LogP contribution in [0, 0.1) is 0 Å². The van der Waals surface area contributed by atoms with E-state index >= 15 is 0 Å². The first-order chi connectivity index (χ1) is 5.74. The molecule has 1 fully saturated rings. The minimum absolute atomic E-state index is 0.561. The minimum Gasteiger partial charge on any atom is -0.356 e. The van der Waals surface area contributed by atoms with Gasteiger partial charge in [0.25, 0.3) is 0 Å². The minimum atomic E-state index is -0.708. The Morgan fingerprint density at radius 2 is 2.00 bits per heavy atom. The van der Waals surface area contributed by atoms with Gasteiger partial charge in [0.2, 0.25) is 6.41 Å². The van der Waals surface area contributed by atoms with Gasteiger partial charge < -0.3 is 9.84 Å². The average molecular weight is 286 g/mol. The molecule has 0 saturated carbocycles. The molecule has 0 aromatic rings. The number of ether oxygens (including phenoxy) is 1. The summed E-state index contributed by atoms with van der Waals surface area (Å²) in [6.07, 6.45) is -0.708. The topological polar surface area (TPSA) is 35.9 Å². The van der Waals surface area contributed by atoms with Crippen molar-refractivity contribution in [3.63, 3.8) is 0 Å². The fourth-order valence-electron chi connectivity index (χ4n) is 1.17. The molecule has 1 atom stereocenters. The molecule has 1 aliphatic rings. The molecular formula is C7H15IN2O2. The SMILES string of the molecule is CCOC(O)N1CCN(I)CC1. The van der Waals surface area contributed by atoms with Gasteiger partial charge in [-0.3, -0.25) is 4.90 Å². The van der Waals surface area contributed by atoms with Crippen LogP contribution < -0.4 is 0 Å². The molecule has 5 heteroatoms. The summed E-state index contributed by atoms with van der Waals surface area (Å²) in [6.45, 7) is 6.19. The summed E-state index contributed by atoms with van der Waals surface area (Å²) in [5.41, 5.74) is 0. The lowest BCUT2D eigenvalue weighted by molar-refractivity contribution is -0.194. The molecule has 4 nitrogen and oxygen atoms in total. The number of nitrogens with zero attached hydrogens (tertiary/aromatic N) is 2. The van der Waals surface area contributed by atoms with Crippen LogP contribution in [-0.2, 0) is 4.74 Å². The van der Waals surface area contributed by atoms with Crippen LogP contribution in [0.25, 0.3) is 0 Å². The molecular weight excluding hydrogens is 271 g/mol. The van der Waals surface area contributed by atoms with E-state index in [2.05, 4.69) is 26.0 Å². The molecule has 0 aromatic carbocycles. The molecule has 1 aliphatic heterocycles. The van der Waals surface area contributed by atoms with Gasteiger partial charge >= 0.3 is 0 Å². The van der Waals surface area contributed by atoms with Crippen LogP contribution in [0.2, 0.25) is 0 Å². The predicted molar refractivity (Wildman–Crippen MR) is 54.8 cm³/mol. The lowest BCUT2D eigenvalue weighted by Gasteiger charge is -2.33. The van der Waals surface area contributed by atoms with Crippen LogP contribution in [0.15, 0.2) is 0 Å². The Bertz CT molecular complexity index is 129. The Morgan fingerprint density at radius 1 is 1.42 bits per heavy atom. The van der Waals surface area contributed by atoms with Crippen molar-refractivity contribution in [2.45, 2.75) is 13.3 Å². The highest BCUT2D eigenvalue weighted by Gasteiger charge is 2.20. The summed E-state index contributed by atoms with van der Waals surface area (Å²) in [4.78, 5) is 1.94. The third kappa shape index (κ3) is 3.14. The van der Waals surface area contributed by atoms with Gasteiger partial charge in [-0.25, -0.2) is 3.11 Å². The highest BCUT2D eigenvalue weighted by Crippen LogP contribution is 2.08. The quantitative estimate of drug-likeness (QED) is 0.459. The Hall–Kier alpha value is 0.570. The van der Waals surface area contributed by atoms with Gasteiger partial charge in [0.15, 0.2) is 0 Å². The second-order valence-corrected chi connectivity index (χ2v) is 4.09. The van der Waals surface area contributed by atoms with Crippen molar-refractivity contribution in [1.82, 2.24) is 8.01 Å². The van der Waals surface area contributed by atoms with E-state index in [1.807, 2.05) is 11.8 Å². The Morgan fingerprint density at radius 3 is 2.50 bits per heavy atom. The highest BCUT2D eigenvalue weighted by molar-refractivity contribution is 14.1. The summed E-state index contributed by atoms with van der Waals surface area (Å²) in [5, 5.41) is 9.44. The van der Waals surface area contributed by atoms with E-state index in [1.165, 1.54) is 0 Å². The molecule has 72 valence electrons. The van der Waals surface area contributed by atoms with Gasteiger partial charge in [-0.05, 0) is 6.92 Å². The fraction of sp³-hybridized carbons (Fsp3) is 1.00. The number of rotatable bonds is 3. The van der Waals surface area contributed by atoms with Crippen molar-refractivity contribution >= 4 is 22.9 Å². The number of halogens is 1. The summed E-state index contributed by atoms with van der Waals surface area (Å²) in [5.74, 6) is 0. The molecule has 1 saturated heterocycles. The number of hydrogen-bond acceptors (Lipinski definition) is 4. The third-order valence-corrected chi connectivity index (χ3v) is 2.85. The molecule has 1 N–H and O–H groups in total. The van der Waals surface area contributed by atoms with Crippen molar-refractivity contribution in [2.24, 2.45) is 0 Å². The first kappa shape index (κ1) is 10.6. The molecule has 1 unspecified atom stereocenters. The van der Waals surface area contributed by atoms with Gasteiger partial charge in [0.05, 0.1) is 0 Å². The van der Waals surface area contributed by atoms with E-state index in [0.29, 0.717) is 6.61 Å². The normalized spacial score (nSPS) is 24.2. The maximum atomic E-state index is 9.44. The number of piperazine rings is 1. The summed E-state index contributed by atoms with van der Waals surface area (Å²) in [6, 6.07) is 0. The van der Waals surface area contributed by atoms with Crippen LogP contribution in [-0.4, -0.2) is 52.3 Å². The van der Waals surface area contributed by atoms with E-state index in [4.69, 9.17) is 4.74 Å².